The van der Waals surface area contributed by atoms with Gasteiger partial charge in [0.15, 0.2) is 0 Å². The highest BCUT2D eigenvalue weighted by molar-refractivity contribution is 9.10. The van der Waals surface area contributed by atoms with Gasteiger partial charge in [0.05, 0.1) is 4.90 Å². The van der Waals surface area contributed by atoms with E-state index in [9.17, 15) is 8.42 Å². The van der Waals surface area contributed by atoms with Crippen LogP contribution < -0.4 is 0 Å². The molecule has 0 aliphatic carbocycles. The van der Waals surface area contributed by atoms with Crippen LogP contribution in [0.4, 0.5) is 0 Å². The highest BCUT2D eigenvalue weighted by Gasteiger charge is 2.27. The Bertz CT molecular complexity index is 711. The van der Waals surface area contributed by atoms with E-state index in [-0.39, 0.29) is 6.04 Å². The summed E-state index contributed by atoms with van der Waals surface area (Å²) >= 11 is 5.01. The standard InChI is InChI=1S/C15H18BrNO2S2/c1-11-6-7-15(14(16)9-11)21(18,19)17(3)12(2)10-13-5-4-8-20-13/h4-9,12H,10H2,1-3H3. The van der Waals surface area contributed by atoms with Gasteiger partial charge in [0.25, 0.3) is 0 Å². The number of thiophene rings is 1. The van der Waals surface area contributed by atoms with Crippen molar-refractivity contribution in [1.82, 2.24) is 4.31 Å². The fraction of sp³-hybridized carbons (Fsp3) is 0.333. The molecule has 1 atom stereocenters. The van der Waals surface area contributed by atoms with Crippen molar-refractivity contribution in [3.63, 3.8) is 0 Å². The number of nitrogens with zero attached hydrogens (tertiary/aromatic N) is 1. The van der Waals surface area contributed by atoms with Crippen molar-refractivity contribution >= 4 is 37.3 Å². The lowest BCUT2D eigenvalue weighted by atomic mass is 10.2. The number of likely N-dealkylation sites (N-methyl/N-ethyl adjacent to an activating group) is 1. The van der Waals surface area contributed by atoms with Crippen molar-refractivity contribution < 1.29 is 8.42 Å². The maximum absolute atomic E-state index is 12.7. The fourth-order valence-corrected chi connectivity index (χ4v) is 5.39. The van der Waals surface area contributed by atoms with Gasteiger partial charge in [0.2, 0.25) is 10.0 Å². The van der Waals surface area contributed by atoms with Crippen molar-refractivity contribution in [2.75, 3.05) is 7.05 Å². The zero-order chi connectivity index (χ0) is 15.6. The van der Waals surface area contributed by atoms with Crippen molar-refractivity contribution in [3.8, 4) is 0 Å². The molecule has 0 saturated carbocycles. The molecular weight excluding hydrogens is 370 g/mol. The molecule has 1 aromatic heterocycles. The van der Waals surface area contributed by atoms with Crippen LogP contribution >= 0.6 is 27.3 Å². The number of sulfonamides is 1. The molecule has 21 heavy (non-hydrogen) atoms. The van der Waals surface area contributed by atoms with Crippen molar-refractivity contribution in [2.45, 2.75) is 31.2 Å². The third-order valence-corrected chi connectivity index (χ3v) is 7.29. The average Bonchev–Trinajstić information content (AvgIpc) is 2.90. The van der Waals surface area contributed by atoms with Crippen LogP contribution in [0.25, 0.3) is 0 Å². The Labute approximate surface area is 138 Å². The van der Waals surface area contributed by atoms with Gasteiger partial charge in [-0.05, 0) is 65.3 Å². The zero-order valence-corrected chi connectivity index (χ0v) is 15.4. The SMILES string of the molecule is Cc1ccc(S(=O)(=O)N(C)C(C)Cc2cccs2)c(Br)c1. The van der Waals surface area contributed by atoms with Crippen molar-refractivity contribution in [1.29, 1.82) is 0 Å². The smallest absolute Gasteiger partial charge is 0.207 e. The lowest BCUT2D eigenvalue weighted by Gasteiger charge is -2.24. The van der Waals surface area contributed by atoms with E-state index in [0.29, 0.717) is 9.37 Å². The first kappa shape index (κ1) is 16.7. The van der Waals surface area contributed by atoms with Crippen LogP contribution in [0.3, 0.4) is 0 Å². The van der Waals surface area contributed by atoms with E-state index >= 15 is 0 Å². The van der Waals surface area contributed by atoms with Crippen LogP contribution in [-0.2, 0) is 16.4 Å². The summed E-state index contributed by atoms with van der Waals surface area (Å²) in [5, 5.41) is 2.01. The summed E-state index contributed by atoms with van der Waals surface area (Å²) in [6.07, 6.45) is 0.719. The first-order chi connectivity index (χ1) is 9.82. The highest BCUT2D eigenvalue weighted by atomic mass is 79.9. The maximum Gasteiger partial charge on any atom is 0.244 e. The maximum atomic E-state index is 12.7. The van der Waals surface area contributed by atoms with Gasteiger partial charge < -0.3 is 0 Å². The molecule has 1 heterocycles. The van der Waals surface area contributed by atoms with Gasteiger partial charge in [-0.3, -0.25) is 0 Å². The molecule has 0 N–H and O–H groups in total. The van der Waals surface area contributed by atoms with Crippen LogP contribution in [0.1, 0.15) is 17.4 Å². The summed E-state index contributed by atoms with van der Waals surface area (Å²) in [7, 11) is -1.86. The minimum Gasteiger partial charge on any atom is -0.207 e. The van der Waals surface area contributed by atoms with Crippen molar-refractivity contribution in [3.05, 3.63) is 50.6 Å². The van der Waals surface area contributed by atoms with E-state index in [1.54, 1.807) is 24.5 Å². The molecule has 0 spiro atoms. The topological polar surface area (TPSA) is 37.4 Å². The predicted molar refractivity (Wildman–Crippen MR) is 91.3 cm³/mol. The Hall–Kier alpha value is -0.690. The summed E-state index contributed by atoms with van der Waals surface area (Å²) in [6, 6.07) is 9.21. The molecule has 1 unspecified atom stereocenters. The molecule has 0 radical (unpaired) electrons. The molecule has 0 saturated heterocycles. The monoisotopic (exact) mass is 387 g/mol. The second-order valence-electron chi connectivity index (χ2n) is 5.09. The molecule has 0 fully saturated rings. The number of hydrogen-bond donors (Lipinski definition) is 0. The second kappa shape index (κ2) is 6.60. The molecule has 3 nitrogen and oxygen atoms in total. The van der Waals surface area contributed by atoms with Crippen LogP contribution in [0.5, 0.6) is 0 Å². The summed E-state index contributed by atoms with van der Waals surface area (Å²) in [5.74, 6) is 0. The van der Waals surface area contributed by atoms with Gasteiger partial charge in [-0.15, -0.1) is 11.3 Å². The summed E-state index contributed by atoms with van der Waals surface area (Å²) in [6.45, 7) is 3.86. The van der Waals surface area contributed by atoms with E-state index < -0.39 is 10.0 Å². The van der Waals surface area contributed by atoms with Crippen LogP contribution in [-0.4, -0.2) is 25.8 Å². The van der Waals surface area contributed by atoms with Gasteiger partial charge in [-0.25, -0.2) is 8.42 Å². The molecule has 0 aliphatic heterocycles. The number of benzene rings is 1. The first-order valence-corrected chi connectivity index (χ1v) is 9.70. The van der Waals surface area contributed by atoms with Gasteiger partial charge in [-0.1, -0.05) is 12.1 Å². The third kappa shape index (κ3) is 3.74. The van der Waals surface area contributed by atoms with E-state index in [1.807, 2.05) is 43.5 Å². The normalized spacial score (nSPS) is 13.6. The second-order valence-corrected chi connectivity index (χ2v) is 8.94. The molecule has 114 valence electrons. The van der Waals surface area contributed by atoms with Crippen molar-refractivity contribution in [2.24, 2.45) is 0 Å². The number of rotatable bonds is 5. The molecular formula is C15H18BrNO2S2. The summed E-state index contributed by atoms with van der Waals surface area (Å²) in [5.41, 5.74) is 1.02. The molecule has 1 aromatic carbocycles. The Morgan fingerprint density at radius 1 is 1.33 bits per heavy atom. The van der Waals surface area contributed by atoms with E-state index in [2.05, 4.69) is 15.9 Å². The Morgan fingerprint density at radius 3 is 2.62 bits per heavy atom. The summed E-state index contributed by atoms with van der Waals surface area (Å²) in [4.78, 5) is 1.50. The van der Waals surface area contributed by atoms with Gasteiger partial charge in [0.1, 0.15) is 0 Å². The predicted octanol–water partition coefficient (Wildman–Crippen LogP) is 4.07. The number of halogens is 1. The van der Waals surface area contributed by atoms with Crippen LogP contribution in [0, 0.1) is 6.92 Å². The Balaban J connectivity index is 2.25. The Morgan fingerprint density at radius 2 is 2.05 bits per heavy atom. The molecule has 0 bridgehead atoms. The fourth-order valence-electron chi connectivity index (χ4n) is 2.06. The molecule has 2 aromatic rings. The molecule has 0 amide bonds. The zero-order valence-electron chi connectivity index (χ0n) is 12.2. The van der Waals surface area contributed by atoms with Crippen LogP contribution in [0.2, 0.25) is 0 Å². The van der Waals surface area contributed by atoms with Crippen LogP contribution in [0.15, 0.2) is 45.1 Å². The molecule has 0 aliphatic rings. The highest BCUT2D eigenvalue weighted by Crippen LogP contribution is 2.27. The number of hydrogen-bond acceptors (Lipinski definition) is 3. The first-order valence-electron chi connectivity index (χ1n) is 6.59. The number of aryl methyl sites for hydroxylation is 1. The van der Waals surface area contributed by atoms with Gasteiger partial charge >= 0.3 is 0 Å². The van der Waals surface area contributed by atoms with E-state index in [1.165, 1.54) is 9.18 Å². The summed E-state index contributed by atoms with van der Waals surface area (Å²) < 4.78 is 27.5. The minimum atomic E-state index is -3.50. The van der Waals surface area contributed by atoms with Gasteiger partial charge in [-0.2, -0.15) is 4.31 Å². The van der Waals surface area contributed by atoms with Gasteiger partial charge in [0, 0.05) is 22.4 Å². The molecule has 2 rings (SSSR count). The molecule has 6 heteroatoms. The quantitative estimate of drug-likeness (QED) is 0.774. The average molecular weight is 388 g/mol. The van der Waals surface area contributed by atoms with E-state index in [0.717, 1.165) is 12.0 Å². The lowest BCUT2D eigenvalue weighted by Crippen LogP contribution is -2.36. The largest absolute Gasteiger partial charge is 0.244 e. The van der Waals surface area contributed by atoms with E-state index in [4.69, 9.17) is 0 Å². The Kier molecular flexibility index (Phi) is 5.24. The lowest BCUT2D eigenvalue weighted by molar-refractivity contribution is 0.388. The third-order valence-electron chi connectivity index (χ3n) is 3.44. The minimum absolute atomic E-state index is 0.0955.